The summed E-state index contributed by atoms with van der Waals surface area (Å²) < 4.78 is 6.49. The molecule has 2 aromatic rings. The van der Waals surface area contributed by atoms with Gasteiger partial charge in [0.25, 0.3) is 0 Å². The van der Waals surface area contributed by atoms with Gasteiger partial charge < -0.3 is 15.8 Å². The number of hydrogen-bond acceptors (Lipinski definition) is 6. The Hall–Kier alpha value is -1.74. The third-order valence-corrected chi connectivity index (χ3v) is 3.88. The van der Waals surface area contributed by atoms with Crippen LogP contribution in [-0.4, -0.2) is 45.9 Å². The molecule has 3 rings (SSSR count). The Bertz CT molecular complexity index is 719. The average molecular weight is 373 g/mol. The molecule has 10 heteroatoms. The summed E-state index contributed by atoms with van der Waals surface area (Å²) in [5, 5.41) is 15.0. The number of methoxy groups -OCH3 is 1. The number of rotatable bonds is 6. The zero-order valence-electron chi connectivity index (χ0n) is 13.0. The van der Waals surface area contributed by atoms with Crippen LogP contribution in [0.1, 0.15) is 24.6 Å². The van der Waals surface area contributed by atoms with Gasteiger partial charge in [0.2, 0.25) is 5.91 Å². The van der Waals surface area contributed by atoms with Gasteiger partial charge in [0.05, 0.1) is 17.3 Å². The van der Waals surface area contributed by atoms with Crippen LogP contribution in [0.3, 0.4) is 0 Å². The lowest BCUT2D eigenvalue weighted by Gasteiger charge is -2.13. The molecule has 0 saturated heterocycles. The Labute approximate surface area is 150 Å². The van der Waals surface area contributed by atoms with E-state index >= 15 is 0 Å². The molecule has 1 atom stereocenters. The number of anilines is 1. The lowest BCUT2D eigenvalue weighted by Crippen LogP contribution is -2.39. The lowest BCUT2D eigenvalue weighted by atomic mass is 10.2. The monoisotopic (exact) mass is 372 g/mol. The molecule has 1 aliphatic carbocycles. The highest BCUT2D eigenvalue weighted by Gasteiger charge is 2.30. The minimum absolute atomic E-state index is 0. The zero-order valence-corrected chi connectivity index (χ0v) is 14.5. The molecule has 1 aromatic carbocycles. The molecule has 8 nitrogen and oxygen atoms in total. The summed E-state index contributed by atoms with van der Waals surface area (Å²) in [6.07, 6.45) is 2.14. The number of nitrogens with zero attached hydrogens (tertiary/aromatic N) is 4. The van der Waals surface area contributed by atoms with Crippen molar-refractivity contribution in [1.82, 2.24) is 20.2 Å². The smallest absolute Gasteiger partial charge is 0.243 e. The van der Waals surface area contributed by atoms with Crippen LogP contribution in [0.2, 0.25) is 5.02 Å². The fourth-order valence-corrected chi connectivity index (χ4v) is 2.40. The summed E-state index contributed by atoms with van der Waals surface area (Å²) in [4.78, 5) is 12.0. The molecule has 1 aliphatic rings. The standard InChI is InChI=1S/C14H17ClN6O2.ClH/c1-23-7-11(16)14(22)17-9-4-5-10(15)12(6-9)21-13(8-2-3-8)18-19-20-21;/h4-6,8,11H,2-3,7,16H2,1H3,(H,17,22);1H. The van der Waals surface area contributed by atoms with Crippen LogP contribution in [0, 0.1) is 0 Å². The van der Waals surface area contributed by atoms with Crippen LogP contribution < -0.4 is 11.1 Å². The van der Waals surface area contributed by atoms with Gasteiger partial charge in [0.15, 0.2) is 5.82 Å². The average Bonchev–Trinajstić information content (AvgIpc) is 3.27. The number of halogens is 2. The van der Waals surface area contributed by atoms with Crippen molar-refractivity contribution in [3.8, 4) is 5.69 Å². The first-order chi connectivity index (χ1) is 11.1. The van der Waals surface area contributed by atoms with E-state index in [0.29, 0.717) is 22.3 Å². The van der Waals surface area contributed by atoms with Crippen LogP contribution in [-0.2, 0) is 9.53 Å². The van der Waals surface area contributed by atoms with Crippen LogP contribution in [0.4, 0.5) is 5.69 Å². The van der Waals surface area contributed by atoms with E-state index in [9.17, 15) is 4.79 Å². The molecule has 0 aliphatic heterocycles. The van der Waals surface area contributed by atoms with E-state index in [1.54, 1.807) is 22.9 Å². The number of hydrogen-bond donors (Lipinski definition) is 2. The van der Waals surface area contributed by atoms with Gasteiger partial charge in [-0.25, -0.2) is 0 Å². The Balaban J connectivity index is 0.00000208. The number of tetrazole rings is 1. The molecule has 24 heavy (non-hydrogen) atoms. The third-order valence-electron chi connectivity index (χ3n) is 3.56. The Morgan fingerprint density at radius 2 is 2.29 bits per heavy atom. The summed E-state index contributed by atoms with van der Waals surface area (Å²) >= 11 is 6.26. The molecule has 1 unspecified atom stereocenters. The van der Waals surface area contributed by atoms with Crippen molar-refractivity contribution in [3.63, 3.8) is 0 Å². The molecule has 3 N–H and O–H groups in total. The van der Waals surface area contributed by atoms with Gasteiger partial charge in [-0.1, -0.05) is 11.6 Å². The first-order valence-electron chi connectivity index (χ1n) is 7.23. The number of benzene rings is 1. The van der Waals surface area contributed by atoms with Crippen molar-refractivity contribution in [2.45, 2.75) is 24.8 Å². The Kier molecular flexibility index (Phi) is 6.11. The largest absolute Gasteiger partial charge is 0.383 e. The van der Waals surface area contributed by atoms with Gasteiger partial charge in [-0.3, -0.25) is 4.79 Å². The second-order valence-corrected chi connectivity index (χ2v) is 5.85. The molecule has 1 saturated carbocycles. The van der Waals surface area contributed by atoms with E-state index in [0.717, 1.165) is 18.7 Å². The molecule has 0 bridgehead atoms. The van der Waals surface area contributed by atoms with Crippen molar-refractivity contribution in [3.05, 3.63) is 29.0 Å². The third kappa shape index (κ3) is 4.02. The van der Waals surface area contributed by atoms with E-state index in [-0.39, 0.29) is 24.9 Å². The Morgan fingerprint density at radius 1 is 1.54 bits per heavy atom. The van der Waals surface area contributed by atoms with E-state index in [1.807, 2.05) is 0 Å². The van der Waals surface area contributed by atoms with E-state index in [4.69, 9.17) is 22.1 Å². The molecule has 0 spiro atoms. The molecule has 130 valence electrons. The van der Waals surface area contributed by atoms with Crippen LogP contribution in [0.15, 0.2) is 18.2 Å². The highest BCUT2D eigenvalue weighted by molar-refractivity contribution is 6.32. The Morgan fingerprint density at radius 3 is 2.96 bits per heavy atom. The summed E-state index contributed by atoms with van der Waals surface area (Å²) in [7, 11) is 1.49. The number of nitrogens with two attached hydrogens (primary N) is 1. The second kappa shape index (κ2) is 7.89. The maximum Gasteiger partial charge on any atom is 0.243 e. The second-order valence-electron chi connectivity index (χ2n) is 5.44. The normalized spacial score (nSPS) is 14.8. The fourth-order valence-electron chi connectivity index (χ4n) is 2.20. The lowest BCUT2D eigenvalue weighted by molar-refractivity contribution is -0.118. The SMILES string of the molecule is COCC(N)C(=O)Nc1ccc(Cl)c(-n2nnnc2C2CC2)c1.Cl. The summed E-state index contributed by atoms with van der Waals surface area (Å²) in [6.45, 7) is 0.144. The van der Waals surface area contributed by atoms with Gasteiger partial charge in [-0.15, -0.1) is 17.5 Å². The van der Waals surface area contributed by atoms with Crippen molar-refractivity contribution in [2.75, 3.05) is 19.0 Å². The number of carbonyl (C=O) groups is 1. The maximum atomic E-state index is 12.0. The predicted octanol–water partition coefficient (Wildman–Crippen LogP) is 1.53. The highest BCUT2D eigenvalue weighted by Crippen LogP contribution is 2.39. The first-order valence-corrected chi connectivity index (χ1v) is 7.61. The molecular formula is C14H18Cl2N6O2. The number of ether oxygens (including phenoxy) is 1. The highest BCUT2D eigenvalue weighted by atomic mass is 35.5. The predicted molar refractivity (Wildman–Crippen MR) is 91.9 cm³/mol. The van der Waals surface area contributed by atoms with E-state index in [1.165, 1.54) is 7.11 Å². The minimum Gasteiger partial charge on any atom is -0.383 e. The van der Waals surface area contributed by atoms with E-state index in [2.05, 4.69) is 20.8 Å². The number of amides is 1. The van der Waals surface area contributed by atoms with E-state index < -0.39 is 6.04 Å². The van der Waals surface area contributed by atoms with Crippen molar-refractivity contribution in [2.24, 2.45) is 5.73 Å². The maximum absolute atomic E-state index is 12.0. The minimum atomic E-state index is -0.741. The molecular weight excluding hydrogens is 355 g/mol. The quantitative estimate of drug-likeness (QED) is 0.795. The van der Waals surface area contributed by atoms with Crippen LogP contribution in [0.25, 0.3) is 5.69 Å². The topological polar surface area (TPSA) is 108 Å². The molecule has 1 heterocycles. The number of aromatic nitrogens is 4. The van der Waals surface area contributed by atoms with Gasteiger partial charge in [-0.05, 0) is 41.5 Å². The molecule has 1 fully saturated rings. The van der Waals surface area contributed by atoms with Crippen molar-refractivity contribution in [1.29, 1.82) is 0 Å². The number of nitrogens with one attached hydrogen (secondary N) is 1. The van der Waals surface area contributed by atoms with Crippen molar-refractivity contribution < 1.29 is 9.53 Å². The van der Waals surface area contributed by atoms with Crippen LogP contribution >= 0.6 is 24.0 Å². The summed E-state index contributed by atoms with van der Waals surface area (Å²) in [6, 6.07) is 4.37. The summed E-state index contributed by atoms with van der Waals surface area (Å²) in [5.41, 5.74) is 6.90. The molecule has 1 aromatic heterocycles. The summed E-state index contributed by atoms with van der Waals surface area (Å²) in [5.74, 6) is 0.820. The van der Waals surface area contributed by atoms with Gasteiger partial charge in [-0.2, -0.15) is 4.68 Å². The van der Waals surface area contributed by atoms with Gasteiger partial charge in [0, 0.05) is 18.7 Å². The number of carbonyl (C=O) groups excluding carboxylic acids is 1. The van der Waals surface area contributed by atoms with Crippen LogP contribution in [0.5, 0.6) is 0 Å². The molecule has 1 amide bonds. The van der Waals surface area contributed by atoms with Gasteiger partial charge in [0.1, 0.15) is 6.04 Å². The fraction of sp³-hybridized carbons (Fsp3) is 0.429. The molecule has 0 radical (unpaired) electrons. The van der Waals surface area contributed by atoms with Gasteiger partial charge >= 0.3 is 0 Å². The van der Waals surface area contributed by atoms with Crippen molar-refractivity contribution >= 4 is 35.6 Å². The zero-order chi connectivity index (χ0) is 16.4. The first kappa shape index (κ1) is 18.6.